The van der Waals surface area contributed by atoms with E-state index in [1.165, 1.54) is 14.2 Å². The predicted octanol–water partition coefficient (Wildman–Crippen LogP) is 1.42. The van der Waals surface area contributed by atoms with Gasteiger partial charge in [0.2, 0.25) is 0 Å². The van der Waals surface area contributed by atoms with E-state index in [2.05, 4.69) is 9.47 Å². The fraction of sp³-hybridized carbons (Fsp3) is 0.857. The van der Waals surface area contributed by atoms with Crippen LogP contribution in [0.4, 0.5) is 0 Å². The number of methoxy groups -OCH3 is 2. The molecule has 132 valence electrons. The molecule has 2 fully saturated rings. The molecule has 0 atom stereocenters. The van der Waals surface area contributed by atoms with Gasteiger partial charge in [-0.05, 0) is 39.5 Å². The first kappa shape index (κ1) is 23.7. The van der Waals surface area contributed by atoms with Gasteiger partial charge in [0, 0.05) is 12.1 Å². The normalized spacial score (nSPS) is 35.0. The number of hydrogen-bond acceptors (Lipinski definition) is 6. The molecule has 22 heavy (non-hydrogen) atoms. The monoisotopic (exact) mass is 358 g/mol. The molecule has 0 amide bonds. The molecule has 0 saturated heterocycles. The van der Waals surface area contributed by atoms with Crippen LogP contribution in [0.25, 0.3) is 0 Å². The first-order chi connectivity index (χ1) is 9.16. The zero-order valence-electron chi connectivity index (χ0n) is 13.6. The van der Waals surface area contributed by atoms with Crippen LogP contribution in [0.2, 0.25) is 0 Å². The van der Waals surface area contributed by atoms with Crippen molar-refractivity contribution in [2.45, 2.75) is 51.6 Å². The van der Waals surface area contributed by atoms with E-state index in [1.54, 1.807) is 0 Å². The van der Waals surface area contributed by atoms with Crippen molar-refractivity contribution in [2.75, 3.05) is 14.2 Å². The van der Waals surface area contributed by atoms with Crippen molar-refractivity contribution in [1.29, 1.82) is 0 Å². The summed E-state index contributed by atoms with van der Waals surface area (Å²) in [6.07, 6.45) is 3.05. The van der Waals surface area contributed by atoms with Crippen LogP contribution in [0.3, 0.4) is 0 Å². The lowest BCUT2D eigenvalue weighted by atomic mass is 9.67. The highest BCUT2D eigenvalue weighted by Crippen LogP contribution is 2.40. The van der Waals surface area contributed by atoms with E-state index in [0.29, 0.717) is 0 Å². The Morgan fingerprint density at radius 2 is 1.05 bits per heavy atom. The summed E-state index contributed by atoms with van der Waals surface area (Å²) >= 11 is 0. The molecule has 0 aliphatic heterocycles. The van der Waals surface area contributed by atoms with Gasteiger partial charge in [0.15, 0.2) is 0 Å². The Balaban J connectivity index is 0. The number of hydrogen-bond donors (Lipinski definition) is 2. The summed E-state index contributed by atoms with van der Waals surface area (Å²) in [6, 6.07) is 0.396. The lowest BCUT2D eigenvalue weighted by molar-refractivity contribution is -0.158. The van der Waals surface area contributed by atoms with E-state index in [9.17, 15) is 9.59 Å². The average Bonchev–Trinajstić information content (AvgIpc) is 2.34. The van der Waals surface area contributed by atoms with Crippen LogP contribution in [-0.2, 0) is 19.1 Å². The first-order valence-electron chi connectivity index (χ1n) is 6.85. The fourth-order valence-electron chi connectivity index (χ4n) is 3.02. The number of rotatable bonds is 2. The minimum Gasteiger partial charge on any atom is -0.469 e. The van der Waals surface area contributed by atoms with E-state index in [1.807, 2.05) is 13.8 Å². The lowest BCUT2D eigenvalue weighted by Gasteiger charge is -2.40. The number of halogens is 2. The first-order valence-corrected chi connectivity index (χ1v) is 6.85. The van der Waals surface area contributed by atoms with Gasteiger partial charge in [-0.15, -0.1) is 24.8 Å². The van der Waals surface area contributed by atoms with Crippen molar-refractivity contribution in [2.24, 2.45) is 22.3 Å². The molecular formula is C14H28Cl2N2O4. The van der Waals surface area contributed by atoms with Crippen molar-refractivity contribution < 1.29 is 19.1 Å². The minimum absolute atomic E-state index is 0. The van der Waals surface area contributed by atoms with Crippen molar-refractivity contribution in [3.63, 3.8) is 0 Å². The summed E-state index contributed by atoms with van der Waals surface area (Å²) in [5.41, 5.74) is 10.5. The van der Waals surface area contributed by atoms with Gasteiger partial charge in [0.25, 0.3) is 0 Å². The molecule has 0 aromatic heterocycles. The zero-order chi connectivity index (χ0) is 15.6. The molecule has 0 radical (unpaired) electrons. The Morgan fingerprint density at radius 3 is 1.18 bits per heavy atom. The van der Waals surface area contributed by atoms with E-state index in [-0.39, 0.29) is 59.7 Å². The van der Waals surface area contributed by atoms with E-state index in [4.69, 9.17) is 11.5 Å². The third-order valence-electron chi connectivity index (χ3n) is 4.21. The van der Waals surface area contributed by atoms with E-state index in [0.717, 1.165) is 25.7 Å². The van der Waals surface area contributed by atoms with Gasteiger partial charge in [0.1, 0.15) is 0 Å². The number of esters is 2. The SMILES string of the molecule is COC(=O)C1(C)CC(N)C1.COC(=O)C1(C)CC(N)C1.Cl.Cl. The van der Waals surface area contributed by atoms with Gasteiger partial charge in [-0.1, -0.05) is 0 Å². The molecule has 0 unspecified atom stereocenters. The molecule has 4 N–H and O–H groups in total. The summed E-state index contributed by atoms with van der Waals surface area (Å²) in [4.78, 5) is 22.0. The molecule has 0 aromatic carbocycles. The molecular weight excluding hydrogens is 331 g/mol. The van der Waals surface area contributed by atoms with Gasteiger partial charge < -0.3 is 20.9 Å². The Kier molecular flexibility index (Phi) is 9.60. The highest BCUT2D eigenvalue weighted by atomic mass is 35.5. The summed E-state index contributed by atoms with van der Waals surface area (Å²) in [6.45, 7) is 3.78. The second-order valence-electron chi connectivity index (χ2n) is 6.44. The molecule has 2 saturated carbocycles. The summed E-state index contributed by atoms with van der Waals surface area (Å²) in [7, 11) is 2.83. The van der Waals surface area contributed by atoms with Crippen LogP contribution < -0.4 is 11.5 Å². The predicted molar refractivity (Wildman–Crippen MR) is 89.2 cm³/mol. The summed E-state index contributed by atoms with van der Waals surface area (Å²) in [5, 5.41) is 0. The number of carbonyl (C=O) groups excluding carboxylic acids is 2. The van der Waals surface area contributed by atoms with Crippen molar-refractivity contribution in [3.05, 3.63) is 0 Å². The molecule has 0 spiro atoms. The van der Waals surface area contributed by atoms with Crippen molar-refractivity contribution >= 4 is 36.8 Å². The average molecular weight is 359 g/mol. The maximum absolute atomic E-state index is 11.0. The largest absolute Gasteiger partial charge is 0.469 e. The maximum Gasteiger partial charge on any atom is 0.311 e. The number of ether oxygens (including phenoxy) is 2. The molecule has 8 heteroatoms. The Hall–Kier alpha value is -0.560. The molecule has 0 aromatic rings. The lowest BCUT2D eigenvalue weighted by Crippen LogP contribution is -2.49. The van der Waals surface area contributed by atoms with Gasteiger partial charge in [-0.2, -0.15) is 0 Å². The molecule has 2 aliphatic rings. The van der Waals surface area contributed by atoms with Crippen molar-refractivity contribution in [1.82, 2.24) is 0 Å². The molecule has 0 bridgehead atoms. The zero-order valence-corrected chi connectivity index (χ0v) is 15.2. The third-order valence-corrected chi connectivity index (χ3v) is 4.21. The Morgan fingerprint density at radius 1 is 0.818 bits per heavy atom. The molecule has 0 heterocycles. The Bertz CT molecular complexity index is 345. The summed E-state index contributed by atoms with van der Waals surface area (Å²) in [5.74, 6) is -0.261. The van der Waals surface area contributed by atoms with Crippen LogP contribution in [0.5, 0.6) is 0 Å². The standard InChI is InChI=1S/2C7H13NO2.2ClH/c2*1-7(6(9)10-2)3-5(8)4-7;;/h2*5H,3-4,8H2,1-2H3;2*1H. The van der Waals surface area contributed by atoms with Crippen LogP contribution in [-0.4, -0.2) is 38.2 Å². The van der Waals surface area contributed by atoms with Gasteiger partial charge >= 0.3 is 11.9 Å². The quantitative estimate of drug-likeness (QED) is 0.723. The second kappa shape index (κ2) is 8.91. The smallest absolute Gasteiger partial charge is 0.311 e. The van der Waals surface area contributed by atoms with Gasteiger partial charge in [0.05, 0.1) is 25.0 Å². The second-order valence-corrected chi connectivity index (χ2v) is 6.44. The summed E-state index contributed by atoms with van der Waals surface area (Å²) < 4.78 is 9.22. The molecule has 2 aliphatic carbocycles. The van der Waals surface area contributed by atoms with E-state index < -0.39 is 0 Å². The highest BCUT2D eigenvalue weighted by Gasteiger charge is 2.46. The number of carbonyl (C=O) groups is 2. The van der Waals surface area contributed by atoms with Crippen LogP contribution in [0, 0.1) is 10.8 Å². The minimum atomic E-state index is -0.284. The van der Waals surface area contributed by atoms with Gasteiger partial charge in [-0.3, -0.25) is 9.59 Å². The maximum atomic E-state index is 11.0. The van der Waals surface area contributed by atoms with Crippen LogP contribution >= 0.6 is 24.8 Å². The number of nitrogens with two attached hydrogens (primary N) is 2. The molecule has 6 nitrogen and oxygen atoms in total. The highest BCUT2D eigenvalue weighted by molar-refractivity contribution is 5.85. The van der Waals surface area contributed by atoms with E-state index >= 15 is 0 Å². The fourth-order valence-corrected chi connectivity index (χ4v) is 3.02. The Labute approximate surface area is 144 Å². The van der Waals surface area contributed by atoms with Crippen molar-refractivity contribution in [3.8, 4) is 0 Å². The van der Waals surface area contributed by atoms with Crippen LogP contribution in [0.1, 0.15) is 39.5 Å². The topological polar surface area (TPSA) is 105 Å². The van der Waals surface area contributed by atoms with Crippen LogP contribution in [0.15, 0.2) is 0 Å². The third kappa shape index (κ3) is 5.26. The van der Waals surface area contributed by atoms with Gasteiger partial charge in [-0.25, -0.2) is 0 Å². The molecule has 2 rings (SSSR count).